The molecular formula is C12H10F3NO2. The maximum Gasteiger partial charge on any atom is 0.276 e. The summed E-state index contributed by atoms with van der Waals surface area (Å²) in [5, 5.41) is 8.63. The summed E-state index contributed by atoms with van der Waals surface area (Å²) in [6.07, 6.45) is -1.32. The number of hydrogen-bond acceptors (Lipinski definition) is 3. The van der Waals surface area contributed by atoms with Crippen molar-refractivity contribution in [1.82, 2.24) is 0 Å². The van der Waals surface area contributed by atoms with Gasteiger partial charge in [0.25, 0.3) is 5.92 Å². The molecule has 0 spiro atoms. The smallest absolute Gasteiger partial charge is 0.276 e. The fourth-order valence-corrected chi connectivity index (χ4v) is 1.39. The quantitative estimate of drug-likeness (QED) is 0.761. The zero-order chi connectivity index (χ0) is 13.2. The average molecular weight is 257 g/mol. The molecule has 1 unspecified atom stereocenters. The molecule has 3 nitrogen and oxygen atoms in total. The number of halogens is 3. The Morgan fingerprint density at radius 1 is 1.39 bits per heavy atom. The van der Waals surface area contributed by atoms with Crippen LogP contribution >= 0.6 is 0 Å². The average Bonchev–Trinajstić information content (AvgIpc) is 2.94. The van der Waals surface area contributed by atoms with E-state index < -0.39 is 17.8 Å². The minimum Gasteiger partial charge on any atom is -0.488 e. The molecule has 1 fully saturated rings. The Morgan fingerprint density at radius 3 is 2.72 bits per heavy atom. The first kappa shape index (κ1) is 12.7. The molecule has 96 valence electrons. The maximum absolute atomic E-state index is 13.2. The highest BCUT2D eigenvalue weighted by Gasteiger charge is 2.58. The monoisotopic (exact) mass is 257 g/mol. The van der Waals surface area contributed by atoms with E-state index >= 15 is 0 Å². The van der Waals surface area contributed by atoms with Crippen LogP contribution in [0.15, 0.2) is 18.2 Å². The summed E-state index contributed by atoms with van der Waals surface area (Å²) in [6, 6.07) is 5.54. The van der Waals surface area contributed by atoms with Gasteiger partial charge in [0.2, 0.25) is 0 Å². The van der Waals surface area contributed by atoms with Crippen LogP contribution in [0.3, 0.4) is 0 Å². The fraction of sp³-hybridized carbons (Fsp3) is 0.417. The zero-order valence-corrected chi connectivity index (χ0v) is 9.33. The Morgan fingerprint density at radius 2 is 2.11 bits per heavy atom. The first-order valence-corrected chi connectivity index (χ1v) is 5.35. The van der Waals surface area contributed by atoms with Crippen molar-refractivity contribution in [3.05, 3.63) is 29.6 Å². The topological polar surface area (TPSA) is 42.2 Å². The minimum atomic E-state index is -2.73. The minimum absolute atomic E-state index is 0.0433. The number of nitriles is 1. The van der Waals surface area contributed by atoms with E-state index in [1.807, 2.05) is 6.07 Å². The summed E-state index contributed by atoms with van der Waals surface area (Å²) in [5.41, 5.74) is 0.265. The van der Waals surface area contributed by atoms with Crippen molar-refractivity contribution in [2.45, 2.75) is 18.4 Å². The third-order valence-corrected chi connectivity index (χ3v) is 2.49. The molecule has 1 aliphatic carbocycles. The Kier molecular flexibility index (Phi) is 3.43. The van der Waals surface area contributed by atoms with Crippen LogP contribution in [0, 0.1) is 17.1 Å². The largest absolute Gasteiger partial charge is 0.488 e. The highest BCUT2D eigenvalue weighted by molar-refractivity contribution is 5.37. The lowest BCUT2D eigenvalue weighted by Crippen LogP contribution is -2.12. The SMILES string of the molecule is N#Cc1ccc(F)c(OCCOC2CC2(F)F)c1. The second-order valence-electron chi connectivity index (χ2n) is 3.93. The number of alkyl halides is 2. The molecule has 1 aliphatic rings. The first-order chi connectivity index (χ1) is 8.53. The lowest BCUT2D eigenvalue weighted by Gasteiger charge is -2.07. The van der Waals surface area contributed by atoms with Gasteiger partial charge in [0.05, 0.1) is 18.2 Å². The summed E-state index contributed by atoms with van der Waals surface area (Å²) in [7, 11) is 0. The van der Waals surface area contributed by atoms with Crippen LogP contribution in [0.1, 0.15) is 12.0 Å². The number of hydrogen-bond donors (Lipinski definition) is 0. The van der Waals surface area contributed by atoms with Gasteiger partial charge >= 0.3 is 0 Å². The van der Waals surface area contributed by atoms with Gasteiger partial charge in [0, 0.05) is 12.5 Å². The third-order valence-electron chi connectivity index (χ3n) is 2.49. The van der Waals surface area contributed by atoms with E-state index in [1.54, 1.807) is 0 Å². The van der Waals surface area contributed by atoms with Crippen molar-refractivity contribution >= 4 is 0 Å². The predicted octanol–water partition coefficient (Wildman–Crippen LogP) is 2.50. The molecule has 0 N–H and O–H groups in total. The van der Waals surface area contributed by atoms with E-state index in [-0.39, 0.29) is 30.9 Å². The highest BCUT2D eigenvalue weighted by atomic mass is 19.3. The molecule has 0 aromatic heterocycles. The van der Waals surface area contributed by atoms with Crippen molar-refractivity contribution in [3.63, 3.8) is 0 Å². The molecular weight excluding hydrogens is 247 g/mol. The molecule has 0 heterocycles. The number of rotatable bonds is 5. The molecule has 0 bridgehead atoms. The van der Waals surface area contributed by atoms with Crippen LogP contribution in [0.2, 0.25) is 0 Å². The Hall–Kier alpha value is -1.74. The Labute approximate surface area is 102 Å². The van der Waals surface area contributed by atoms with E-state index in [1.165, 1.54) is 12.1 Å². The molecule has 1 atom stereocenters. The molecule has 1 aromatic carbocycles. The molecule has 1 aromatic rings. The van der Waals surface area contributed by atoms with E-state index in [0.717, 1.165) is 6.07 Å². The van der Waals surface area contributed by atoms with Gasteiger partial charge in [-0.25, -0.2) is 13.2 Å². The molecule has 0 amide bonds. The fourth-order valence-electron chi connectivity index (χ4n) is 1.39. The van der Waals surface area contributed by atoms with Gasteiger partial charge in [0.1, 0.15) is 12.7 Å². The number of nitrogens with zero attached hydrogens (tertiary/aromatic N) is 1. The van der Waals surface area contributed by atoms with Crippen molar-refractivity contribution in [3.8, 4) is 11.8 Å². The maximum atomic E-state index is 13.2. The summed E-state index contributed by atoms with van der Waals surface area (Å²) < 4.78 is 48.0. The van der Waals surface area contributed by atoms with Crippen molar-refractivity contribution < 1.29 is 22.6 Å². The molecule has 0 radical (unpaired) electrons. The Bertz CT molecular complexity index is 485. The summed E-state index contributed by atoms with van der Waals surface area (Å²) in [5.74, 6) is -3.42. The van der Waals surface area contributed by atoms with Crippen LogP contribution < -0.4 is 4.74 Å². The van der Waals surface area contributed by atoms with Crippen LogP contribution in [-0.2, 0) is 4.74 Å². The normalized spacial score (nSPS) is 20.2. The molecule has 0 saturated heterocycles. The van der Waals surface area contributed by atoms with Gasteiger partial charge in [-0.1, -0.05) is 0 Å². The lowest BCUT2D eigenvalue weighted by atomic mass is 10.2. The zero-order valence-electron chi connectivity index (χ0n) is 9.33. The Balaban J connectivity index is 1.78. The second-order valence-corrected chi connectivity index (χ2v) is 3.93. The summed E-state index contributed by atoms with van der Waals surface area (Å²) in [4.78, 5) is 0. The molecule has 18 heavy (non-hydrogen) atoms. The molecule has 1 saturated carbocycles. The third kappa shape index (κ3) is 2.93. The van der Waals surface area contributed by atoms with E-state index in [4.69, 9.17) is 14.7 Å². The van der Waals surface area contributed by atoms with Crippen LogP contribution in [0.5, 0.6) is 5.75 Å². The number of benzene rings is 1. The predicted molar refractivity (Wildman–Crippen MR) is 55.9 cm³/mol. The van der Waals surface area contributed by atoms with Gasteiger partial charge < -0.3 is 9.47 Å². The van der Waals surface area contributed by atoms with Gasteiger partial charge in [-0.2, -0.15) is 5.26 Å². The van der Waals surface area contributed by atoms with Crippen LogP contribution in [-0.4, -0.2) is 25.2 Å². The summed E-state index contributed by atoms with van der Waals surface area (Å²) in [6.45, 7) is -0.0884. The summed E-state index contributed by atoms with van der Waals surface area (Å²) >= 11 is 0. The number of ether oxygens (including phenoxy) is 2. The van der Waals surface area contributed by atoms with E-state index in [0.29, 0.717) is 0 Å². The highest BCUT2D eigenvalue weighted by Crippen LogP contribution is 2.44. The standard InChI is InChI=1S/C12H10F3NO2/c13-9-2-1-8(7-16)5-10(9)17-3-4-18-11-6-12(11,14)15/h1-2,5,11H,3-4,6H2. The van der Waals surface area contributed by atoms with Crippen molar-refractivity contribution in [2.24, 2.45) is 0 Å². The van der Waals surface area contributed by atoms with Gasteiger partial charge in [-0.15, -0.1) is 0 Å². The van der Waals surface area contributed by atoms with Gasteiger partial charge in [0.15, 0.2) is 11.6 Å². The van der Waals surface area contributed by atoms with E-state index in [2.05, 4.69) is 0 Å². The first-order valence-electron chi connectivity index (χ1n) is 5.35. The van der Waals surface area contributed by atoms with E-state index in [9.17, 15) is 13.2 Å². The second kappa shape index (κ2) is 4.86. The van der Waals surface area contributed by atoms with Crippen LogP contribution in [0.25, 0.3) is 0 Å². The lowest BCUT2D eigenvalue weighted by molar-refractivity contribution is 0.00387. The molecule has 2 rings (SSSR count). The van der Waals surface area contributed by atoms with Gasteiger partial charge in [-0.05, 0) is 12.1 Å². The van der Waals surface area contributed by atoms with Crippen molar-refractivity contribution in [1.29, 1.82) is 5.26 Å². The van der Waals surface area contributed by atoms with Crippen molar-refractivity contribution in [2.75, 3.05) is 13.2 Å². The molecule has 0 aliphatic heterocycles. The van der Waals surface area contributed by atoms with Crippen LogP contribution in [0.4, 0.5) is 13.2 Å². The molecule has 6 heteroatoms. The van der Waals surface area contributed by atoms with Gasteiger partial charge in [-0.3, -0.25) is 0 Å².